The van der Waals surface area contributed by atoms with Gasteiger partial charge in [0.05, 0.1) is 31.2 Å². The Bertz CT molecular complexity index is 1030. The second kappa shape index (κ2) is 8.19. The number of benzene rings is 1. The number of hydrogen-bond donors (Lipinski definition) is 1. The number of nitrogens with one attached hydrogen (secondary N) is 1. The fraction of sp³-hybridized carbons (Fsp3) is 0.455. The maximum absolute atomic E-state index is 6.45. The molecule has 1 N–H and O–H groups in total. The lowest BCUT2D eigenvalue weighted by atomic mass is 10.1. The van der Waals surface area contributed by atoms with E-state index in [1.807, 2.05) is 29.5 Å². The van der Waals surface area contributed by atoms with Gasteiger partial charge in [-0.25, -0.2) is 9.97 Å². The first kappa shape index (κ1) is 19.2. The summed E-state index contributed by atoms with van der Waals surface area (Å²) in [4.78, 5) is 14.9. The summed E-state index contributed by atoms with van der Waals surface area (Å²) < 4.78 is 5.48. The second-order valence-corrected chi connectivity index (χ2v) is 9.29. The van der Waals surface area contributed by atoms with Gasteiger partial charge in [-0.3, -0.25) is 4.90 Å². The molecule has 2 aromatic heterocycles. The number of aromatic nitrogens is 2. The van der Waals surface area contributed by atoms with Gasteiger partial charge in [0.25, 0.3) is 0 Å². The van der Waals surface area contributed by atoms with Crippen LogP contribution >= 0.6 is 22.9 Å². The van der Waals surface area contributed by atoms with Gasteiger partial charge in [0.2, 0.25) is 0 Å². The van der Waals surface area contributed by atoms with Gasteiger partial charge in [-0.2, -0.15) is 0 Å². The van der Waals surface area contributed by atoms with E-state index in [1.165, 1.54) is 22.2 Å². The molecule has 1 atom stereocenters. The third-order valence-electron chi connectivity index (χ3n) is 5.80. The molecule has 29 heavy (non-hydrogen) atoms. The molecular formula is C22H25ClN4OS. The summed E-state index contributed by atoms with van der Waals surface area (Å²) in [6.45, 7) is 6.33. The third-order valence-corrected chi connectivity index (χ3v) is 7.33. The van der Waals surface area contributed by atoms with Crippen LogP contribution in [0.2, 0.25) is 5.02 Å². The molecule has 0 unspecified atom stereocenters. The van der Waals surface area contributed by atoms with Crippen molar-refractivity contribution in [3.8, 4) is 0 Å². The van der Waals surface area contributed by atoms with E-state index in [0.29, 0.717) is 0 Å². The SMILES string of the molecule is C[C@@H](Nc1nc(CN2CCOCC2)nc2sc3c(c12)CCC3)c1ccccc1Cl. The molecule has 0 amide bonds. The Kier molecular flexibility index (Phi) is 5.43. The van der Waals surface area contributed by atoms with Crippen LogP contribution in [0.15, 0.2) is 24.3 Å². The van der Waals surface area contributed by atoms with Gasteiger partial charge in [-0.05, 0) is 43.4 Å². The Hall–Kier alpha value is -1.73. The van der Waals surface area contributed by atoms with Crippen LogP contribution in [-0.4, -0.2) is 41.2 Å². The van der Waals surface area contributed by atoms with Gasteiger partial charge in [-0.1, -0.05) is 29.8 Å². The predicted molar refractivity (Wildman–Crippen MR) is 119 cm³/mol. The molecule has 0 saturated carbocycles. The lowest BCUT2D eigenvalue weighted by Crippen LogP contribution is -2.36. The van der Waals surface area contributed by atoms with Gasteiger partial charge >= 0.3 is 0 Å². The number of halogens is 1. The summed E-state index contributed by atoms with van der Waals surface area (Å²) in [5, 5.41) is 5.66. The number of fused-ring (bicyclic) bond motifs is 3. The van der Waals surface area contributed by atoms with Gasteiger partial charge in [-0.15, -0.1) is 11.3 Å². The molecule has 3 aromatic rings. The minimum absolute atomic E-state index is 0.0648. The number of anilines is 1. The zero-order valence-corrected chi connectivity index (χ0v) is 18.2. The fourth-order valence-electron chi connectivity index (χ4n) is 4.28. The Labute approximate surface area is 180 Å². The van der Waals surface area contributed by atoms with Crippen molar-refractivity contribution >= 4 is 39.0 Å². The molecule has 2 aliphatic rings. The molecule has 0 bridgehead atoms. The number of morpholine rings is 1. The molecule has 0 spiro atoms. The van der Waals surface area contributed by atoms with Gasteiger partial charge in [0.1, 0.15) is 16.5 Å². The fourth-order valence-corrected chi connectivity index (χ4v) is 5.86. The summed E-state index contributed by atoms with van der Waals surface area (Å²) in [6.07, 6.45) is 3.51. The Morgan fingerprint density at radius 3 is 2.86 bits per heavy atom. The largest absolute Gasteiger partial charge is 0.379 e. The highest BCUT2D eigenvalue weighted by atomic mass is 35.5. The lowest BCUT2D eigenvalue weighted by molar-refractivity contribution is 0.0331. The first-order valence-corrected chi connectivity index (χ1v) is 11.5. The van der Waals surface area contributed by atoms with E-state index in [1.54, 1.807) is 0 Å². The first-order valence-electron chi connectivity index (χ1n) is 10.3. The van der Waals surface area contributed by atoms with Gasteiger partial charge < -0.3 is 10.1 Å². The monoisotopic (exact) mass is 428 g/mol. The van der Waals surface area contributed by atoms with E-state index in [0.717, 1.165) is 72.7 Å². The van der Waals surface area contributed by atoms with Crippen LogP contribution in [0.1, 0.15) is 41.2 Å². The van der Waals surface area contributed by atoms with Crippen molar-refractivity contribution < 1.29 is 4.74 Å². The predicted octanol–water partition coefficient (Wildman–Crippen LogP) is 4.84. The molecule has 0 radical (unpaired) electrons. The molecule has 5 rings (SSSR count). The van der Waals surface area contributed by atoms with E-state index < -0.39 is 0 Å². The number of hydrogen-bond acceptors (Lipinski definition) is 6. The summed E-state index contributed by atoms with van der Waals surface area (Å²) in [7, 11) is 0. The van der Waals surface area contributed by atoms with Crippen LogP contribution in [0.4, 0.5) is 5.82 Å². The number of aryl methyl sites for hydroxylation is 2. The van der Waals surface area contributed by atoms with Crippen molar-refractivity contribution in [2.75, 3.05) is 31.6 Å². The highest BCUT2D eigenvalue weighted by Crippen LogP contribution is 2.40. The quantitative estimate of drug-likeness (QED) is 0.630. The number of ether oxygens (including phenoxy) is 1. The minimum Gasteiger partial charge on any atom is -0.379 e. The van der Waals surface area contributed by atoms with Crippen molar-refractivity contribution in [3.63, 3.8) is 0 Å². The maximum Gasteiger partial charge on any atom is 0.146 e. The third kappa shape index (κ3) is 3.87. The molecule has 152 valence electrons. The van der Waals surface area contributed by atoms with E-state index in [4.69, 9.17) is 26.3 Å². The molecule has 1 saturated heterocycles. The highest BCUT2D eigenvalue weighted by Gasteiger charge is 2.24. The average molecular weight is 429 g/mol. The van der Waals surface area contributed by atoms with Gasteiger partial charge in [0.15, 0.2) is 0 Å². The zero-order chi connectivity index (χ0) is 19.8. The van der Waals surface area contributed by atoms with Crippen LogP contribution < -0.4 is 5.32 Å². The molecule has 5 nitrogen and oxygen atoms in total. The van der Waals surface area contributed by atoms with E-state index in [2.05, 4.69) is 23.2 Å². The summed E-state index contributed by atoms with van der Waals surface area (Å²) in [6, 6.07) is 8.08. The Balaban J connectivity index is 1.51. The molecule has 1 aromatic carbocycles. The summed E-state index contributed by atoms with van der Waals surface area (Å²) in [5.41, 5.74) is 2.53. The molecule has 3 heterocycles. The van der Waals surface area contributed by atoms with Crippen LogP contribution in [-0.2, 0) is 24.1 Å². The van der Waals surface area contributed by atoms with Crippen molar-refractivity contribution in [2.24, 2.45) is 0 Å². The van der Waals surface area contributed by atoms with Crippen molar-refractivity contribution in [3.05, 3.63) is 51.1 Å². The molecule has 1 aliphatic carbocycles. The van der Waals surface area contributed by atoms with E-state index in [9.17, 15) is 0 Å². The Morgan fingerprint density at radius 1 is 1.21 bits per heavy atom. The van der Waals surface area contributed by atoms with Crippen LogP contribution in [0.25, 0.3) is 10.2 Å². The number of thiophene rings is 1. The number of rotatable bonds is 5. The molecule has 7 heteroatoms. The topological polar surface area (TPSA) is 50.3 Å². The molecular weight excluding hydrogens is 404 g/mol. The van der Waals surface area contributed by atoms with Crippen LogP contribution in [0.3, 0.4) is 0 Å². The molecule has 1 fully saturated rings. The van der Waals surface area contributed by atoms with E-state index >= 15 is 0 Å². The van der Waals surface area contributed by atoms with Crippen molar-refractivity contribution in [1.82, 2.24) is 14.9 Å². The second-order valence-electron chi connectivity index (χ2n) is 7.80. The summed E-state index contributed by atoms with van der Waals surface area (Å²) >= 11 is 8.29. The smallest absolute Gasteiger partial charge is 0.146 e. The Morgan fingerprint density at radius 2 is 2.03 bits per heavy atom. The van der Waals surface area contributed by atoms with Crippen molar-refractivity contribution in [2.45, 2.75) is 38.8 Å². The minimum atomic E-state index is 0.0648. The average Bonchev–Trinajstić information content (AvgIpc) is 3.30. The maximum atomic E-state index is 6.45. The van der Waals surface area contributed by atoms with Gasteiger partial charge in [0, 0.05) is 23.0 Å². The van der Waals surface area contributed by atoms with Crippen LogP contribution in [0.5, 0.6) is 0 Å². The van der Waals surface area contributed by atoms with Crippen LogP contribution in [0, 0.1) is 0 Å². The zero-order valence-electron chi connectivity index (χ0n) is 16.6. The number of nitrogens with zero attached hydrogens (tertiary/aromatic N) is 3. The standard InChI is InChI=1S/C22H25ClN4OS/c1-14(15-5-2-3-7-17(15)23)24-21-20-16-6-4-8-18(16)29-22(20)26-19(25-21)13-27-9-11-28-12-10-27/h2-3,5,7,14H,4,6,8-13H2,1H3,(H,24,25,26)/t14-/m1/s1. The van der Waals surface area contributed by atoms with E-state index in [-0.39, 0.29) is 6.04 Å². The first-order chi connectivity index (χ1) is 14.2. The molecule has 1 aliphatic heterocycles. The lowest BCUT2D eigenvalue weighted by Gasteiger charge is -2.26. The normalized spacial score (nSPS) is 18.1. The highest BCUT2D eigenvalue weighted by molar-refractivity contribution is 7.19. The summed E-state index contributed by atoms with van der Waals surface area (Å²) in [5.74, 6) is 1.83. The van der Waals surface area contributed by atoms with Crippen molar-refractivity contribution in [1.29, 1.82) is 0 Å².